The monoisotopic (exact) mass is 185 g/mol. The van der Waals surface area contributed by atoms with Gasteiger partial charge in [0.15, 0.2) is 0 Å². The van der Waals surface area contributed by atoms with Crippen LogP contribution in [0, 0.1) is 10.1 Å². The van der Waals surface area contributed by atoms with Crippen LogP contribution in [0.1, 0.15) is 12.8 Å². The fraction of sp³-hybridized carbons (Fsp3) is 0.800. The number of carbonyl (C=O) groups excluding carboxylic acids is 1. The van der Waals surface area contributed by atoms with Crippen LogP contribution in [0.15, 0.2) is 0 Å². The Kier molecular flexibility index (Phi) is 3.65. The van der Waals surface area contributed by atoms with E-state index in [1.54, 1.807) is 0 Å². The Hall–Kier alpha value is -1.14. The van der Waals surface area contributed by atoms with Crippen molar-refractivity contribution in [3.05, 3.63) is 10.1 Å². The van der Waals surface area contributed by atoms with Gasteiger partial charge in [-0.15, -0.1) is 0 Å². The maximum absolute atomic E-state index is 11.7. The minimum atomic E-state index is -4.87. The topological polar surface area (TPSA) is 60.2 Å². The molecule has 0 aromatic rings. The third-order valence-electron chi connectivity index (χ3n) is 1.19. The van der Waals surface area contributed by atoms with E-state index < -0.39 is 30.0 Å². The van der Waals surface area contributed by atoms with Crippen molar-refractivity contribution in [1.82, 2.24) is 0 Å². The Balaban J connectivity index is 4.24. The molecule has 0 aromatic heterocycles. The van der Waals surface area contributed by atoms with Crippen LogP contribution in [-0.4, -0.2) is 23.4 Å². The van der Waals surface area contributed by atoms with E-state index >= 15 is 0 Å². The summed E-state index contributed by atoms with van der Waals surface area (Å²) in [6.07, 6.45) is -5.89. The minimum Gasteiger partial charge on any atom is -0.303 e. The Bertz CT molecular complexity index is 179. The molecule has 0 aromatic carbocycles. The van der Waals surface area contributed by atoms with Crippen molar-refractivity contribution in [2.75, 3.05) is 0 Å². The van der Waals surface area contributed by atoms with Gasteiger partial charge in [0, 0.05) is 17.8 Å². The molecule has 0 spiro atoms. The molecule has 12 heavy (non-hydrogen) atoms. The normalized spacial score (nSPS) is 13.9. The maximum atomic E-state index is 11.7. The number of halogens is 3. The second-order valence-corrected chi connectivity index (χ2v) is 2.09. The lowest BCUT2D eigenvalue weighted by Gasteiger charge is -2.10. The third kappa shape index (κ3) is 3.31. The first-order valence-electron chi connectivity index (χ1n) is 3.03. The molecule has 0 saturated carbocycles. The van der Waals surface area contributed by atoms with Gasteiger partial charge in [-0.05, 0) is 0 Å². The largest absolute Gasteiger partial charge is 0.457 e. The number of nitro groups is 1. The second kappa shape index (κ2) is 4.03. The van der Waals surface area contributed by atoms with Crippen molar-refractivity contribution in [2.24, 2.45) is 0 Å². The van der Waals surface area contributed by atoms with Crippen molar-refractivity contribution in [3.8, 4) is 0 Å². The van der Waals surface area contributed by atoms with E-state index in [0.717, 1.165) is 0 Å². The van der Waals surface area contributed by atoms with Crippen LogP contribution in [0.5, 0.6) is 0 Å². The van der Waals surface area contributed by atoms with Gasteiger partial charge in [0.2, 0.25) is 0 Å². The van der Waals surface area contributed by atoms with Crippen LogP contribution in [0.25, 0.3) is 0 Å². The molecule has 0 bridgehead atoms. The van der Waals surface area contributed by atoms with Gasteiger partial charge >= 0.3 is 12.2 Å². The average Bonchev–Trinajstić information content (AvgIpc) is 1.84. The zero-order chi connectivity index (χ0) is 9.78. The van der Waals surface area contributed by atoms with Crippen LogP contribution in [-0.2, 0) is 4.79 Å². The Morgan fingerprint density at radius 2 is 2.00 bits per heavy atom. The summed E-state index contributed by atoms with van der Waals surface area (Å²) in [5.74, 6) is 0. The molecular weight excluding hydrogens is 179 g/mol. The standard InChI is InChI=1S/C5H6F3NO3/c6-5(7,8)4(9(11)12)2-1-3-10/h3-4H,1-2H2. The van der Waals surface area contributed by atoms with Gasteiger partial charge < -0.3 is 4.79 Å². The predicted molar refractivity (Wildman–Crippen MR) is 32.1 cm³/mol. The first kappa shape index (κ1) is 10.9. The highest BCUT2D eigenvalue weighted by Crippen LogP contribution is 2.25. The number of alkyl halides is 3. The molecule has 1 atom stereocenters. The van der Waals surface area contributed by atoms with Gasteiger partial charge in [0.25, 0.3) is 0 Å². The highest BCUT2D eigenvalue weighted by Gasteiger charge is 2.48. The van der Waals surface area contributed by atoms with Gasteiger partial charge in [-0.2, -0.15) is 13.2 Å². The van der Waals surface area contributed by atoms with Gasteiger partial charge in [-0.25, -0.2) is 0 Å². The van der Waals surface area contributed by atoms with Gasteiger partial charge in [-0.1, -0.05) is 0 Å². The Labute approximate surface area is 65.5 Å². The van der Waals surface area contributed by atoms with Crippen LogP contribution in [0.4, 0.5) is 13.2 Å². The zero-order valence-corrected chi connectivity index (χ0v) is 5.87. The maximum Gasteiger partial charge on any atom is 0.457 e. The molecule has 1 unspecified atom stereocenters. The molecule has 0 rings (SSSR count). The molecule has 0 aliphatic rings. The molecule has 7 heteroatoms. The summed E-state index contributed by atoms with van der Waals surface area (Å²) in [5, 5.41) is 9.82. The molecule has 4 nitrogen and oxygen atoms in total. The Morgan fingerprint density at radius 1 is 1.50 bits per heavy atom. The summed E-state index contributed by atoms with van der Waals surface area (Å²) in [6, 6.07) is -2.62. The van der Waals surface area contributed by atoms with Crippen molar-refractivity contribution < 1.29 is 22.9 Å². The molecule has 0 amide bonds. The molecule has 0 heterocycles. The lowest BCUT2D eigenvalue weighted by atomic mass is 10.2. The Morgan fingerprint density at radius 3 is 2.25 bits per heavy atom. The van der Waals surface area contributed by atoms with E-state index in [4.69, 9.17) is 0 Å². The zero-order valence-electron chi connectivity index (χ0n) is 5.87. The molecule has 0 aliphatic carbocycles. The number of nitrogens with zero attached hydrogens (tertiary/aromatic N) is 1. The van der Waals surface area contributed by atoms with Crippen LogP contribution < -0.4 is 0 Å². The number of hydrogen-bond acceptors (Lipinski definition) is 3. The van der Waals surface area contributed by atoms with E-state index in [9.17, 15) is 28.1 Å². The highest BCUT2D eigenvalue weighted by atomic mass is 19.4. The third-order valence-corrected chi connectivity index (χ3v) is 1.19. The minimum absolute atomic E-state index is 0.224. The summed E-state index contributed by atoms with van der Waals surface area (Å²) < 4.78 is 35.2. The summed E-state index contributed by atoms with van der Waals surface area (Å²) >= 11 is 0. The average molecular weight is 185 g/mol. The van der Waals surface area contributed by atoms with Gasteiger partial charge in [0.1, 0.15) is 6.29 Å². The first-order chi connectivity index (χ1) is 5.39. The van der Waals surface area contributed by atoms with Crippen molar-refractivity contribution in [1.29, 1.82) is 0 Å². The van der Waals surface area contributed by atoms with Crippen molar-refractivity contribution in [2.45, 2.75) is 25.1 Å². The summed E-state index contributed by atoms with van der Waals surface area (Å²) in [5.41, 5.74) is 0. The molecule has 0 fully saturated rings. The number of aldehydes is 1. The number of rotatable bonds is 4. The van der Waals surface area contributed by atoms with Gasteiger partial charge in [-0.3, -0.25) is 10.1 Å². The van der Waals surface area contributed by atoms with Crippen molar-refractivity contribution >= 4 is 6.29 Å². The quantitative estimate of drug-likeness (QED) is 0.375. The smallest absolute Gasteiger partial charge is 0.303 e. The predicted octanol–water partition coefficient (Wildman–Crippen LogP) is 1.17. The second-order valence-electron chi connectivity index (χ2n) is 2.09. The van der Waals surface area contributed by atoms with E-state index in [1.807, 2.05) is 0 Å². The fourth-order valence-corrected chi connectivity index (χ4v) is 0.615. The number of hydrogen-bond donors (Lipinski definition) is 0. The molecular formula is C5H6F3NO3. The SMILES string of the molecule is O=CCCC([N+](=O)[O-])C(F)(F)F. The van der Waals surface area contributed by atoms with Crippen LogP contribution >= 0.6 is 0 Å². The fourth-order valence-electron chi connectivity index (χ4n) is 0.615. The lowest BCUT2D eigenvalue weighted by molar-refractivity contribution is -0.563. The summed E-state index contributed by atoms with van der Waals surface area (Å²) in [6.45, 7) is 0. The van der Waals surface area contributed by atoms with E-state index in [1.165, 1.54) is 0 Å². The molecule has 0 radical (unpaired) electrons. The van der Waals surface area contributed by atoms with Crippen molar-refractivity contribution in [3.63, 3.8) is 0 Å². The van der Waals surface area contributed by atoms with Crippen LogP contribution in [0.3, 0.4) is 0 Å². The van der Waals surface area contributed by atoms with E-state index in [0.29, 0.717) is 0 Å². The highest BCUT2D eigenvalue weighted by molar-refractivity contribution is 5.49. The van der Waals surface area contributed by atoms with Gasteiger partial charge in [0.05, 0.1) is 0 Å². The molecule has 0 aliphatic heterocycles. The van der Waals surface area contributed by atoms with Crippen LogP contribution in [0.2, 0.25) is 0 Å². The molecule has 0 N–H and O–H groups in total. The first-order valence-corrected chi connectivity index (χ1v) is 3.03. The van der Waals surface area contributed by atoms with E-state index in [2.05, 4.69) is 0 Å². The van der Waals surface area contributed by atoms with E-state index in [-0.39, 0.29) is 6.29 Å². The lowest BCUT2D eigenvalue weighted by Crippen LogP contribution is -2.36. The molecule has 0 saturated heterocycles. The summed E-state index contributed by atoms with van der Waals surface area (Å²) in [7, 11) is 0. The summed E-state index contributed by atoms with van der Waals surface area (Å²) in [4.78, 5) is 18.1. The number of carbonyl (C=O) groups is 1. The molecule has 70 valence electrons.